The first kappa shape index (κ1) is 11.0. The summed E-state index contributed by atoms with van der Waals surface area (Å²) in [7, 11) is 0. The van der Waals surface area contributed by atoms with E-state index in [4.69, 9.17) is 11.6 Å². The van der Waals surface area contributed by atoms with Gasteiger partial charge in [0, 0.05) is 18.1 Å². The second kappa shape index (κ2) is 4.58. The van der Waals surface area contributed by atoms with Crippen molar-refractivity contribution in [3.8, 4) is 0 Å². The number of halogens is 1. The normalized spacial score (nSPS) is 10.6. The van der Waals surface area contributed by atoms with E-state index in [1.165, 1.54) is 0 Å². The van der Waals surface area contributed by atoms with E-state index in [0.717, 1.165) is 10.9 Å². The molecule has 1 aromatic carbocycles. The fraction of sp³-hybridized carbons (Fsp3) is 0.250. The summed E-state index contributed by atoms with van der Waals surface area (Å²) in [6, 6.07) is 9.92. The number of hydrogen-bond acceptors (Lipinski definition) is 1. The van der Waals surface area contributed by atoms with Crippen LogP contribution in [0.1, 0.15) is 6.92 Å². The van der Waals surface area contributed by atoms with E-state index < -0.39 is 0 Å². The molecule has 1 heterocycles. The third kappa shape index (κ3) is 1.78. The molecule has 0 aliphatic carbocycles. The van der Waals surface area contributed by atoms with Gasteiger partial charge in [0.15, 0.2) is 0 Å². The van der Waals surface area contributed by atoms with E-state index in [-0.39, 0.29) is 11.8 Å². The molecule has 2 rings (SSSR count). The Morgan fingerprint density at radius 3 is 2.81 bits per heavy atom. The molecule has 0 unspecified atom stereocenters. The van der Waals surface area contributed by atoms with Crippen LogP contribution in [0.4, 0.5) is 0 Å². The van der Waals surface area contributed by atoms with Crippen molar-refractivity contribution in [2.24, 2.45) is 0 Å². The minimum absolute atomic E-state index is 0.000344. The topological polar surface area (TPSA) is 25.2 Å². The van der Waals surface area contributed by atoms with Crippen molar-refractivity contribution in [3.63, 3.8) is 0 Å². The van der Waals surface area contributed by atoms with Gasteiger partial charge < -0.3 is 0 Å². The summed E-state index contributed by atoms with van der Waals surface area (Å²) >= 11 is 5.59. The summed E-state index contributed by atoms with van der Waals surface area (Å²) in [6.45, 7) is 2.53. The molecule has 0 N–H and O–H groups in total. The zero-order valence-corrected chi connectivity index (χ0v) is 9.81. The smallest absolute Gasteiger partial charge is 0.256 e. The lowest BCUT2D eigenvalue weighted by Gasteiger charge is -2.22. The zero-order chi connectivity index (χ0) is 11.5. The van der Waals surface area contributed by atoms with Crippen LogP contribution in [0.5, 0.6) is 0 Å². The van der Waals surface area contributed by atoms with Gasteiger partial charge in [-0.3, -0.25) is 9.47 Å². The average Bonchev–Trinajstić information content (AvgIpc) is 2.74. The molecule has 0 fully saturated rings. The number of amides is 1. The van der Waals surface area contributed by atoms with Crippen LogP contribution in [0.2, 0.25) is 0 Å². The second-order valence-electron chi connectivity index (χ2n) is 3.46. The standard InChI is InChI=1S/C12H13ClN2O/c1-2-14(12(16)9-13)15-8-7-10-5-3-4-6-11(10)15/h3-8H,2,9H2,1H3. The van der Waals surface area contributed by atoms with Crippen LogP contribution >= 0.6 is 11.6 Å². The summed E-state index contributed by atoms with van der Waals surface area (Å²) < 4.78 is 1.85. The van der Waals surface area contributed by atoms with E-state index in [9.17, 15) is 4.79 Å². The van der Waals surface area contributed by atoms with Gasteiger partial charge in [0.05, 0.1) is 5.52 Å². The number of alkyl halides is 1. The van der Waals surface area contributed by atoms with Crippen molar-refractivity contribution in [2.45, 2.75) is 6.92 Å². The summed E-state index contributed by atoms with van der Waals surface area (Å²) in [5.41, 5.74) is 1.02. The van der Waals surface area contributed by atoms with Gasteiger partial charge in [-0.2, -0.15) is 0 Å². The molecule has 2 aromatic rings. The number of carbonyl (C=O) groups is 1. The summed E-state index contributed by atoms with van der Waals surface area (Å²) in [6.07, 6.45) is 1.89. The molecule has 0 aliphatic rings. The maximum Gasteiger partial charge on any atom is 0.256 e. The molecule has 3 nitrogen and oxygen atoms in total. The summed E-state index contributed by atoms with van der Waals surface area (Å²) in [5.74, 6) is -0.0918. The van der Waals surface area contributed by atoms with Crippen molar-refractivity contribution >= 4 is 28.4 Å². The van der Waals surface area contributed by atoms with Gasteiger partial charge in [0.25, 0.3) is 5.91 Å². The first-order valence-electron chi connectivity index (χ1n) is 5.20. The number of carbonyl (C=O) groups excluding carboxylic acids is 1. The minimum Gasteiger partial charge on any atom is -0.272 e. The first-order chi connectivity index (χ1) is 7.77. The van der Waals surface area contributed by atoms with Gasteiger partial charge in [-0.05, 0) is 19.1 Å². The summed E-state index contributed by atoms with van der Waals surface area (Å²) in [5, 5.41) is 2.75. The fourth-order valence-corrected chi connectivity index (χ4v) is 1.93. The van der Waals surface area contributed by atoms with E-state index in [1.54, 1.807) is 5.01 Å². The number of para-hydroxylation sites is 1. The van der Waals surface area contributed by atoms with Crippen molar-refractivity contribution < 1.29 is 4.79 Å². The Morgan fingerprint density at radius 1 is 1.38 bits per heavy atom. The highest BCUT2D eigenvalue weighted by Gasteiger charge is 2.13. The van der Waals surface area contributed by atoms with Gasteiger partial charge in [-0.25, -0.2) is 5.01 Å². The first-order valence-corrected chi connectivity index (χ1v) is 5.74. The summed E-state index contributed by atoms with van der Waals surface area (Å²) in [4.78, 5) is 11.7. The van der Waals surface area contributed by atoms with Crippen LogP contribution in [-0.2, 0) is 4.79 Å². The molecule has 84 valence electrons. The number of rotatable bonds is 3. The molecular weight excluding hydrogens is 224 g/mol. The Hall–Kier alpha value is -1.48. The maximum atomic E-state index is 11.7. The lowest BCUT2D eigenvalue weighted by Crippen LogP contribution is -2.40. The molecule has 0 bridgehead atoms. The lowest BCUT2D eigenvalue weighted by molar-refractivity contribution is -0.117. The Bertz CT molecular complexity index is 506. The number of hydrogen-bond donors (Lipinski definition) is 0. The Labute approximate surface area is 99.2 Å². The molecule has 0 spiro atoms. The Balaban J connectivity index is 2.49. The van der Waals surface area contributed by atoms with E-state index >= 15 is 0 Å². The largest absolute Gasteiger partial charge is 0.272 e. The van der Waals surface area contributed by atoms with Gasteiger partial charge in [-0.1, -0.05) is 18.2 Å². The van der Waals surface area contributed by atoms with Crippen LogP contribution in [0.25, 0.3) is 10.9 Å². The number of aromatic nitrogens is 1. The second-order valence-corrected chi connectivity index (χ2v) is 3.73. The van der Waals surface area contributed by atoms with Crippen LogP contribution in [0, 0.1) is 0 Å². The molecular formula is C12H13ClN2O. The molecule has 1 amide bonds. The quantitative estimate of drug-likeness (QED) is 0.752. The predicted octanol–water partition coefficient (Wildman–Crippen LogP) is 2.36. The maximum absolute atomic E-state index is 11.7. The van der Waals surface area contributed by atoms with E-state index in [0.29, 0.717) is 6.54 Å². The fourth-order valence-electron chi connectivity index (χ4n) is 1.80. The SMILES string of the molecule is CCN(C(=O)CCl)n1ccc2ccccc21. The highest BCUT2D eigenvalue weighted by molar-refractivity contribution is 6.28. The predicted molar refractivity (Wildman–Crippen MR) is 66.4 cm³/mol. The molecule has 1 aromatic heterocycles. The lowest BCUT2D eigenvalue weighted by atomic mass is 10.3. The molecule has 4 heteroatoms. The molecule has 0 radical (unpaired) electrons. The third-order valence-corrected chi connectivity index (χ3v) is 2.77. The van der Waals surface area contributed by atoms with Gasteiger partial charge in [-0.15, -0.1) is 11.6 Å². The molecule has 16 heavy (non-hydrogen) atoms. The monoisotopic (exact) mass is 236 g/mol. The van der Waals surface area contributed by atoms with Crippen molar-refractivity contribution in [3.05, 3.63) is 36.5 Å². The van der Waals surface area contributed by atoms with Crippen molar-refractivity contribution in [1.82, 2.24) is 4.68 Å². The van der Waals surface area contributed by atoms with Crippen LogP contribution in [-0.4, -0.2) is 23.0 Å². The molecule has 0 saturated carbocycles. The van der Waals surface area contributed by atoms with Gasteiger partial charge in [0.2, 0.25) is 0 Å². The number of benzene rings is 1. The van der Waals surface area contributed by atoms with Crippen molar-refractivity contribution in [2.75, 3.05) is 17.4 Å². The number of nitrogens with zero attached hydrogens (tertiary/aromatic N) is 2. The highest BCUT2D eigenvalue weighted by atomic mass is 35.5. The molecule has 0 aliphatic heterocycles. The van der Waals surface area contributed by atoms with Crippen LogP contribution < -0.4 is 5.01 Å². The minimum atomic E-state index is -0.0921. The molecule has 0 saturated heterocycles. The van der Waals surface area contributed by atoms with E-state index in [2.05, 4.69) is 0 Å². The average molecular weight is 237 g/mol. The van der Waals surface area contributed by atoms with Gasteiger partial charge >= 0.3 is 0 Å². The number of fused-ring (bicyclic) bond motifs is 1. The Morgan fingerprint density at radius 2 is 2.12 bits per heavy atom. The van der Waals surface area contributed by atoms with Gasteiger partial charge in [0.1, 0.15) is 5.88 Å². The van der Waals surface area contributed by atoms with Crippen molar-refractivity contribution in [1.29, 1.82) is 0 Å². The molecule has 0 atom stereocenters. The van der Waals surface area contributed by atoms with Crippen LogP contribution in [0.15, 0.2) is 36.5 Å². The zero-order valence-electron chi connectivity index (χ0n) is 9.06. The third-order valence-electron chi connectivity index (χ3n) is 2.54. The Kier molecular flexibility index (Phi) is 3.15. The van der Waals surface area contributed by atoms with E-state index in [1.807, 2.05) is 48.1 Å². The highest BCUT2D eigenvalue weighted by Crippen LogP contribution is 2.15. The van der Waals surface area contributed by atoms with Crippen LogP contribution in [0.3, 0.4) is 0 Å².